The summed E-state index contributed by atoms with van der Waals surface area (Å²) in [6.45, 7) is 6.55. The van der Waals surface area contributed by atoms with Gasteiger partial charge in [0.05, 0.1) is 16.9 Å². The quantitative estimate of drug-likeness (QED) is 0.801. The van der Waals surface area contributed by atoms with Gasteiger partial charge in [-0.1, -0.05) is 39.0 Å². The molecular formula is C17H19N3. The van der Waals surface area contributed by atoms with Crippen molar-refractivity contribution in [2.45, 2.75) is 26.2 Å². The Labute approximate surface area is 120 Å². The van der Waals surface area contributed by atoms with Gasteiger partial charge in [0.15, 0.2) is 0 Å². The Morgan fingerprint density at radius 1 is 1.05 bits per heavy atom. The maximum Gasteiger partial charge on any atom is 0.101 e. The number of para-hydroxylation sites is 1. The number of anilines is 3. The fourth-order valence-electron chi connectivity index (χ4n) is 1.98. The Balaban J connectivity index is 2.26. The topological polar surface area (TPSA) is 61.8 Å². The van der Waals surface area contributed by atoms with Gasteiger partial charge in [-0.05, 0) is 35.2 Å². The second-order valence-electron chi connectivity index (χ2n) is 5.83. The minimum absolute atomic E-state index is 0.137. The molecule has 0 atom stereocenters. The van der Waals surface area contributed by atoms with Crippen LogP contribution in [0.15, 0.2) is 42.5 Å². The molecule has 20 heavy (non-hydrogen) atoms. The van der Waals surface area contributed by atoms with Gasteiger partial charge in [-0.15, -0.1) is 0 Å². The van der Waals surface area contributed by atoms with E-state index in [1.54, 1.807) is 6.07 Å². The highest BCUT2D eigenvalue weighted by Crippen LogP contribution is 2.28. The average Bonchev–Trinajstić information content (AvgIpc) is 2.41. The van der Waals surface area contributed by atoms with Crippen LogP contribution in [-0.2, 0) is 5.41 Å². The summed E-state index contributed by atoms with van der Waals surface area (Å²) < 4.78 is 0. The molecule has 0 unspecified atom stereocenters. The van der Waals surface area contributed by atoms with Gasteiger partial charge in [0.1, 0.15) is 6.07 Å². The summed E-state index contributed by atoms with van der Waals surface area (Å²) in [5.41, 5.74) is 10.1. The molecule has 0 aromatic heterocycles. The summed E-state index contributed by atoms with van der Waals surface area (Å²) in [5.74, 6) is 0. The smallest absolute Gasteiger partial charge is 0.101 e. The molecule has 102 valence electrons. The van der Waals surface area contributed by atoms with Gasteiger partial charge in [-0.2, -0.15) is 5.26 Å². The van der Waals surface area contributed by atoms with Crippen LogP contribution in [0.5, 0.6) is 0 Å². The average molecular weight is 265 g/mol. The maximum absolute atomic E-state index is 8.98. The van der Waals surface area contributed by atoms with Gasteiger partial charge in [-0.3, -0.25) is 0 Å². The number of nitrogen functional groups attached to an aromatic ring is 1. The molecule has 3 heteroatoms. The van der Waals surface area contributed by atoms with E-state index >= 15 is 0 Å². The predicted octanol–water partition coefficient (Wildman–Crippen LogP) is 4.18. The molecule has 3 nitrogen and oxygen atoms in total. The molecule has 2 aromatic carbocycles. The van der Waals surface area contributed by atoms with Gasteiger partial charge in [0.2, 0.25) is 0 Å². The Morgan fingerprint density at radius 3 is 2.25 bits per heavy atom. The summed E-state index contributed by atoms with van der Waals surface area (Å²) in [5, 5.41) is 12.2. The van der Waals surface area contributed by atoms with Crippen LogP contribution in [0.25, 0.3) is 0 Å². The van der Waals surface area contributed by atoms with Crippen LogP contribution in [-0.4, -0.2) is 0 Å². The van der Waals surface area contributed by atoms with Crippen molar-refractivity contribution < 1.29 is 0 Å². The van der Waals surface area contributed by atoms with E-state index in [1.807, 2.05) is 24.3 Å². The van der Waals surface area contributed by atoms with E-state index in [2.05, 4.69) is 44.3 Å². The number of nitrogens with zero attached hydrogens (tertiary/aromatic N) is 1. The summed E-state index contributed by atoms with van der Waals surface area (Å²) in [6.07, 6.45) is 0. The van der Waals surface area contributed by atoms with E-state index < -0.39 is 0 Å². The van der Waals surface area contributed by atoms with Crippen LogP contribution >= 0.6 is 0 Å². The third-order valence-electron chi connectivity index (χ3n) is 3.26. The lowest BCUT2D eigenvalue weighted by atomic mass is 9.87. The van der Waals surface area contributed by atoms with Crippen molar-refractivity contribution in [3.05, 3.63) is 53.6 Å². The number of rotatable bonds is 2. The molecular weight excluding hydrogens is 246 g/mol. The fourth-order valence-corrected chi connectivity index (χ4v) is 1.98. The first-order valence-electron chi connectivity index (χ1n) is 6.58. The highest BCUT2D eigenvalue weighted by atomic mass is 14.9. The minimum Gasteiger partial charge on any atom is -0.396 e. The number of benzene rings is 2. The highest BCUT2D eigenvalue weighted by Gasteiger charge is 2.13. The highest BCUT2D eigenvalue weighted by molar-refractivity contribution is 5.77. The zero-order valence-corrected chi connectivity index (χ0v) is 12.1. The van der Waals surface area contributed by atoms with Crippen LogP contribution in [0.1, 0.15) is 31.9 Å². The number of nitrogens with two attached hydrogens (primary N) is 1. The minimum atomic E-state index is 0.137. The van der Waals surface area contributed by atoms with Crippen LogP contribution in [0.3, 0.4) is 0 Å². The van der Waals surface area contributed by atoms with E-state index in [0.717, 1.165) is 11.4 Å². The SMILES string of the molecule is CC(C)(C)c1ccc(Nc2cccc(C#N)c2N)cc1. The lowest BCUT2D eigenvalue weighted by Gasteiger charge is -2.19. The zero-order valence-electron chi connectivity index (χ0n) is 12.1. The van der Waals surface area contributed by atoms with Crippen LogP contribution in [0, 0.1) is 11.3 Å². The van der Waals surface area contributed by atoms with Crippen molar-refractivity contribution in [1.82, 2.24) is 0 Å². The van der Waals surface area contributed by atoms with Gasteiger partial charge < -0.3 is 11.1 Å². The van der Waals surface area contributed by atoms with Crippen molar-refractivity contribution in [2.75, 3.05) is 11.1 Å². The fraction of sp³-hybridized carbons (Fsp3) is 0.235. The van der Waals surface area contributed by atoms with Crippen molar-refractivity contribution in [2.24, 2.45) is 0 Å². The first-order chi connectivity index (χ1) is 9.41. The third-order valence-corrected chi connectivity index (χ3v) is 3.26. The monoisotopic (exact) mass is 265 g/mol. The molecule has 0 bridgehead atoms. The summed E-state index contributed by atoms with van der Waals surface area (Å²) >= 11 is 0. The molecule has 0 saturated carbocycles. The molecule has 0 radical (unpaired) electrons. The largest absolute Gasteiger partial charge is 0.396 e. The third kappa shape index (κ3) is 2.92. The van der Waals surface area contributed by atoms with Crippen LogP contribution in [0.2, 0.25) is 0 Å². The van der Waals surface area contributed by atoms with Crippen LogP contribution in [0.4, 0.5) is 17.1 Å². The Hall–Kier alpha value is -2.47. The first kappa shape index (κ1) is 14.0. The van der Waals surface area contributed by atoms with E-state index in [1.165, 1.54) is 5.56 Å². The normalized spacial score (nSPS) is 10.9. The predicted molar refractivity (Wildman–Crippen MR) is 84.0 cm³/mol. The molecule has 3 N–H and O–H groups in total. The molecule has 2 aromatic rings. The number of nitriles is 1. The van der Waals surface area contributed by atoms with Crippen molar-refractivity contribution >= 4 is 17.1 Å². The summed E-state index contributed by atoms with van der Waals surface area (Å²) in [7, 11) is 0. The molecule has 0 fully saturated rings. The second-order valence-corrected chi connectivity index (χ2v) is 5.83. The van der Waals surface area contributed by atoms with Crippen molar-refractivity contribution in [1.29, 1.82) is 5.26 Å². The summed E-state index contributed by atoms with van der Waals surface area (Å²) in [4.78, 5) is 0. The summed E-state index contributed by atoms with van der Waals surface area (Å²) in [6, 6.07) is 15.7. The Morgan fingerprint density at radius 2 is 1.70 bits per heavy atom. The van der Waals surface area contributed by atoms with Gasteiger partial charge in [0, 0.05) is 5.69 Å². The van der Waals surface area contributed by atoms with E-state index in [0.29, 0.717) is 11.3 Å². The van der Waals surface area contributed by atoms with Crippen LogP contribution < -0.4 is 11.1 Å². The van der Waals surface area contributed by atoms with E-state index in [4.69, 9.17) is 11.0 Å². The standard InChI is InChI=1S/C17H19N3/c1-17(2,3)13-7-9-14(10-8-13)20-15-6-4-5-12(11-18)16(15)19/h4-10,20H,19H2,1-3H3. The van der Waals surface area contributed by atoms with Gasteiger partial charge >= 0.3 is 0 Å². The lowest BCUT2D eigenvalue weighted by Crippen LogP contribution is -2.10. The molecule has 0 heterocycles. The maximum atomic E-state index is 8.98. The molecule has 0 amide bonds. The van der Waals surface area contributed by atoms with Gasteiger partial charge in [-0.25, -0.2) is 0 Å². The number of hydrogen-bond acceptors (Lipinski definition) is 3. The lowest BCUT2D eigenvalue weighted by molar-refractivity contribution is 0.590. The number of nitrogens with one attached hydrogen (secondary N) is 1. The molecule has 2 rings (SSSR count). The van der Waals surface area contributed by atoms with Crippen molar-refractivity contribution in [3.63, 3.8) is 0 Å². The molecule has 0 aliphatic rings. The molecule has 0 aliphatic carbocycles. The van der Waals surface area contributed by atoms with E-state index in [-0.39, 0.29) is 5.41 Å². The van der Waals surface area contributed by atoms with E-state index in [9.17, 15) is 0 Å². The molecule has 0 saturated heterocycles. The number of hydrogen-bond donors (Lipinski definition) is 2. The zero-order chi connectivity index (χ0) is 14.8. The second kappa shape index (κ2) is 5.26. The Bertz CT molecular complexity index is 643. The van der Waals surface area contributed by atoms with Crippen molar-refractivity contribution in [3.8, 4) is 6.07 Å². The molecule has 0 spiro atoms. The van der Waals surface area contributed by atoms with Gasteiger partial charge in [0.25, 0.3) is 0 Å². The first-order valence-corrected chi connectivity index (χ1v) is 6.58. The molecule has 0 aliphatic heterocycles. The Kier molecular flexibility index (Phi) is 3.67.